The Balaban J connectivity index is 2.23. The van der Waals surface area contributed by atoms with Gasteiger partial charge in [-0.25, -0.2) is 0 Å². The van der Waals surface area contributed by atoms with Crippen LogP contribution in [0.25, 0.3) is 0 Å². The second-order valence-corrected chi connectivity index (χ2v) is 6.26. The van der Waals surface area contributed by atoms with Crippen LogP contribution in [-0.2, 0) is 0 Å². The van der Waals surface area contributed by atoms with Crippen molar-refractivity contribution < 1.29 is 0 Å². The molecular formula is C16H35N3. The highest BCUT2D eigenvalue weighted by Gasteiger charge is 2.28. The fraction of sp³-hybridized carbons (Fsp3) is 1.00. The van der Waals surface area contributed by atoms with E-state index in [9.17, 15) is 0 Å². The molecule has 0 spiro atoms. The van der Waals surface area contributed by atoms with Gasteiger partial charge in [0.2, 0.25) is 0 Å². The lowest BCUT2D eigenvalue weighted by atomic mass is 9.97. The smallest absolute Gasteiger partial charge is 0.0373 e. The monoisotopic (exact) mass is 269 g/mol. The Morgan fingerprint density at radius 2 is 1.74 bits per heavy atom. The summed E-state index contributed by atoms with van der Waals surface area (Å²) in [6.45, 7) is 5.90. The molecule has 0 aromatic carbocycles. The van der Waals surface area contributed by atoms with Crippen molar-refractivity contribution in [1.29, 1.82) is 0 Å². The number of likely N-dealkylation sites (N-methyl/N-ethyl adjacent to an activating group) is 3. The molecule has 0 aliphatic carbocycles. The Morgan fingerprint density at radius 1 is 1.05 bits per heavy atom. The lowest BCUT2D eigenvalue weighted by Gasteiger charge is -2.42. The molecule has 1 aliphatic heterocycles. The highest BCUT2D eigenvalue weighted by Crippen LogP contribution is 2.16. The van der Waals surface area contributed by atoms with Gasteiger partial charge in [-0.1, -0.05) is 45.4 Å². The first-order valence-corrected chi connectivity index (χ1v) is 8.25. The Morgan fingerprint density at radius 3 is 2.42 bits per heavy atom. The molecule has 114 valence electrons. The average Bonchev–Trinajstić information content (AvgIpc) is 2.41. The fourth-order valence-electron chi connectivity index (χ4n) is 3.15. The summed E-state index contributed by atoms with van der Waals surface area (Å²) < 4.78 is 0. The Bertz CT molecular complexity index is 220. The van der Waals surface area contributed by atoms with Crippen LogP contribution in [0.2, 0.25) is 0 Å². The molecule has 0 aromatic heterocycles. The van der Waals surface area contributed by atoms with Gasteiger partial charge in [-0.05, 0) is 27.6 Å². The third-order valence-corrected chi connectivity index (χ3v) is 4.60. The largest absolute Gasteiger partial charge is 0.315 e. The number of piperazine rings is 1. The zero-order valence-electron chi connectivity index (χ0n) is 13.6. The standard InChI is InChI=1S/C16H35N3/c1-5-6-7-8-9-10-11-15(17-2)16-14-18(3)12-13-19(16)4/h15-17H,5-14H2,1-4H3. The van der Waals surface area contributed by atoms with E-state index in [1.165, 1.54) is 64.6 Å². The number of hydrogen-bond acceptors (Lipinski definition) is 3. The zero-order valence-corrected chi connectivity index (χ0v) is 13.6. The summed E-state index contributed by atoms with van der Waals surface area (Å²) in [7, 11) is 6.66. The van der Waals surface area contributed by atoms with Crippen LogP contribution in [0.1, 0.15) is 51.9 Å². The van der Waals surface area contributed by atoms with E-state index in [-0.39, 0.29) is 0 Å². The Hall–Kier alpha value is -0.120. The van der Waals surface area contributed by atoms with E-state index in [1.54, 1.807) is 0 Å². The summed E-state index contributed by atoms with van der Waals surface area (Å²) in [5.41, 5.74) is 0. The van der Waals surface area contributed by atoms with Crippen molar-refractivity contribution in [3.8, 4) is 0 Å². The molecule has 2 atom stereocenters. The Labute approximate surface area is 120 Å². The molecule has 0 bridgehead atoms. The summed E-state index contributed by atoms with van der Waals surface area (Å²) in [5, 5.41) is 3.56. The van der Waals surface area contributed by atoms with Gasteiger partial charge in [-0.3, -0.25) is 4.90 Å². The van der Waals surface area contributed by atoms with E-state index in [0.29, 0.717) is 12.1 Å². The van der Waals surface area contributed by atoms with Crippen LogP contribution in [0.5, 0.6) is 0 Å². The minimum atomic E-state index is 0.652. The molecule has 19 heavy (non-hydrogen) atoms. The van der Waals surface area contributed by atoms with Gasteiger partial charge >= 0.3 is 0 Å². The van der Waals surface area contributed by atoms with Crippen molar-refractivity contribution in [3.05, 3.63) is 0 Å². The van der Waals surface area contributed by atoms with Gasteiger partial charge in [0, 0.05) is 31.7 Å². The van der Waals surface area contributed by atoms with Crippen molar-refractivity contribution in [3.63, 3.8) is 0 Å². The molecule has 1 aliphatic rings. The first-order valence-electron chi connectivity index (χ1n) is 8.25. The van der Waals surface area contributed by atoms with Gasteiger partial charge in [0.25, 0.3) is 0 Å². The zero-order chi connectivity index (χ0) is 14.1. The minimum absolute atomic E-state index is 0.652. The van der Waals surface area contributed by atoms with Crippen LogP contribution in [0.3, 0.4) is 0 Å². The molecule has 2 unspecified atom stereocenters. The van der Waals surface area contributed by atoms with Crippen molar-refractivity contribution in [2.24, 2.45) is 0 Å². The van der Waals surface area contributed by atoms with Crippen LogP contribution < -0.4 is 5.32 Å². The van der Waals surface area contributed by atoms with Crippen molar-refractivity contribution in [2.75, 3.05) is 40.8 Å². The predicted octanol–water partition coefficient (Wildman–Crippen LogP) is 2.57. The predicted molar refractivity (Wildman–Crippen MR) is 84.8 cm³/mol. The highest BCUT2D eigenvalue weighted by molar-refractivity contribution is 4.88. The second kappa shape index (κ2) is 9.73. The van der Waals surface area contributed by atoms with Gasteiger partial charge in [0.1, 0.15) is 0 Å². The van der Waals surface area contributed by atoms with E-state index in [2.05, 4.69) is 43.2 Å². The first kappa shape index (κ1) is 16.9. The van der Waals surface area contributed by atoms with Crippen LogP contribution in [-0.4, -0.2) is 62.7 Å². The normalized spacial score (nSPS) is 23.7. The maximum absolute atomic E-state index is 3.56. The fourth-order valence-corrected chi connectivity index (χ4v) is 3.15. The van der Waals surface area contributed by atoms with Crippen LogP contribution >= 0.6 is 0 Å². The van der Waals surface area contributed by atoms with Gasteiger partial charge in [-0.2, -0.15) is 0 Å². The average molecular weight is 269 g/mol. The van der Waals surface area contributed by atoms with Gasteiger partial charge in [0.15, 0.2) is 0 Å². The molecule has 0 radical (unpaired) electrons. The Kier molecular flexibility index (Phi) is 8.67. The van der Waals surface area contributed by atoms with Gasteiger partial charge < -0.3 is 10.2 Å². The van der Waals surface area contributed by atoms with E-state index >= 15 is 0 Å². The van der Waals surface area contributed by atoms with E-state index in [1.807, 2.05) is 0 Å². The maximum Gasteiger partial charge on any atom is 0.0373 e. The summed E-state index contributed by atoms with van der Waals surface area (Å²) in [6, 6.07) is 1.33. The van der Waals surface area contributed by atoms with Crippen molar-refractivity contribution in [1.82, 2.24) is 15.1 Å². The van der Waals surface area contributed by atoms with Crippen LogP contribution in [0, 0.1) is 0 Å². The third-order valence-electron chi connectivity index (χ3n) is 4.60. The number of nitrogens with zero attached hydrogens (tertiary/aromatic N) is 2. The SMILES string of the molecule is CCCCCCCCC(NC)C1CN(C)CCN1C. The van der Waals surface area contributed by atoms with Crippen molar-refractivity contribution in [2.45, 2.75) is 64.0 Å². The van der Waals surface area contributed by atoms with E-state index in [4.69, 9.17) is 0 Å². The molecule has 0 aromatic rings. The van der Waals surface area contributed by atoms with Crippen molar-refractivity contribution >= 4 is 0 Å². The molecule has 1 rings (SSSR count). The summed E-state index contributed by atoms with van der Waals surface area (Å²) in [5.74, 6) is 0. The maximum atomic E-state index is 3.56. The summed E-state index contributed by atoms with van der Waals surface area (Å²) in [6.07, 6.45) is 9.71. The lowest BCUT2D eigenvalue weighted by molar-refractivity contribution is 0.0866. The van der Waals surface area contributed by atoms with E-state index in [0.717, 1.165) is 0 Å². The highest BCUT2D eigenvalue weighted by atomic mass is 15.3. The molecule has 0 amide bonds. The second-order valence-electron chi connectivity index (χ2n) is 6.26. The molecule has 3 heteroatoms. The first-order chi connectivity index (χ1) is 9.19. The third kappa shape index (κ3) is 6.24. The summed E-state index contributed by atoms with van der Waals surface area (Å²) >= 11 is 0. The topological polar surface area (TPSA) is 18.5 Å². The van der Waals surface area contributed by atoms with Crippen LogP contribution in [0.15, 0.2) is 0 Å². The minimum Gasteiger partial charge on any atom is -0.315 e. The molecular weight excluding hydrogens is 234 g/mol. The molecule has 1 heterocycles. The molecule has 3 nitrogen and oxygen atoms in total. The van der Waals surface area contributed by atoms with Gasteiger partial charge in [-0.15, -0.1) is 0 Å². The lowest BCUT2D eigenvalue weighted by Crippen LogP contribution is -2.58. The number of nitrogens with one attached hydrogen (secondary N) is 1. The quantitative estimate of drug-likeness (QED) is 0.649. The molecule has 1 saturated heterocycles. The number of hydrogen-bond donors (Lipinski definition) is 1. The molecule has 0 saturated carbocycles. The van der Waals surface area contributed by atoms with Gasteiger partial charge in [0.05, 0.1) is 0 Å². The van der Waals surface area contributed by atoms with Crippen LogP contribution in [0.4, 0.5) is 0 Å². The number of unbranched alkanes of at least 4 members (excludes halogenated alkanes) is 5. The van der Waals surface area contributed by atoms with E-state index < -0.39 is 0 Å². The molecule has 1 fully saturated rings. The summed E-state index contributed by atoms with van der Waals surface area (Å²) in [4.78, 5) is 5.01. The number of rotatable bonds is 9. The molecule has 1 N–H and O–H groups in total.